The first-order valence-corrected chi connectivity index (χ1v) is 13.8. The Morgan fingerprint density at radius 2 is 1.62 bits per heavy atom. The number of nitrogens with zero attached hydrogens (tertiary/aromatic N) is 3. The second kappa shape index (κ2) is 11.9. The third kappa shape index (κ3) is 6.12. The third-order valence-electron chi connectivity index (χ3n) is 7.61. The summed E-state index contributed by atoms with van der Waals surface area (Å²) >= 11 is 0. The number of benzene rings is 2. The molecule has 1 N–H and O–H groups in total. The zero-order valence-electron chi connectivity index (χ0n) is 23.2. The Hall–Kier alpha value is -4.35. The van der Waals surface area contributed by atoms with E-state index in [1.54, 1.807) is 53.4 Å². The molecule has 1 unspecified atom stereocenters. The minimum absolute atomic E-state index is 0.207. The zero-order valence-corrected chi connectivity index (χ0v) is 23.2. The number of halogens is 3. The molecular weight excluding hydrogens is 553 g/mol. The number of anilines is 2. The van der Waals surface area contributed by atoms with Crippen LogP contribution >= 0.6 is 0 Å². The molecule has 5 rings (SSSR count). The lowest BCUT2D eigenvalue weighted by atomic mass is 10.0. The first kappa shape index (κ1) is 29.2. The second-order valence-corrected chi connectivity index (χ2v) is 10.7. The summed E-state index contributed by atoms with van der Waals surface area (Å²) in [5.41, 5.74) is 0.898. The van der Waals surface area contributed by atoms with E-state index < -0.39 is 35.5 Å². The number of carbonyl (C=O) groups is 3. The standard InChI is InChI=1S/C30H31F3N4O5/c1-18-5-3-15-36(17-18)29-35-25(30(31,32)33)24(42-29)26(38)34-22-13-11-20(12-14-22)19-7-9-21(10-8-19)27(39)37-16-4-6-23(37)28(40)41-2/h7-14,18,23H,3-6,15-17H2,1-2H3,(H,34,38)/t18?,23-/m0/s1. The molecule has 0 aliphatic carbocycles. The van der Waals surface area contributed by atoms with Gasteiger partial charge in [0, 0.05) is 30.9 Å². The molecule has 42 heavy (non-hydrogen) atoms. The minimum atomic E-state index is -4.86. The van der Waals surface area contributed by atoms with Crippen LogP contribution in [0.4, 0.5) is 24.9 Å². The highest BCUT2D eigenvalue weighted by Crippen LogP contribution is 2.35. The van der Waals surface area contributed by atoms with Crippen LogP contribution < -0.4 is 10.2 Å². The number of piperidine rings is 1. The lowest BCUT2D eigenvalue weighted by Crippen LogP contribution is -2.41. The van der Waals surface area contributed by atoms with Crippen LogP contribution in [0.3, 0.4) is 0 Å². The van der Waals surface area contributed by atoms with Crippen LogP contribution in [-0.4, -0.2) is 60.5 Å². The fourth-order valence-electron chi connectivity index (χ4n) is 5.45. The highest BCUT2D eigenvalue weighted by atomic mass is 19.4. The van der Waals surface area contributed by atoms with Gasteiger partial charge >= 0.3 is 12.1 Å². The molecule has 12 heteroatoms. The maximum atomic E-state index is 13.7. The molecule has 9 nitrogen and oxygen atoms in total. The predicted molar refractivity (Wildman–Crippen MR) is 148 cm³/mol. The molecule has 2 saturated heterocycles. The van der Waals surface area contributed by atoms with Crippen LogP contribution in [0.1, 0.15) is 59.2 Å². The van der Waals surface area contributed by atoms with E-state index in [1.807, 2.05) is 6.92 Å². The number of hydrogen-bond donors (Lipinski definition) is 1. The summed E-state index contributed by atoms with van der Waals surface area (Å²) in [5.74, 6) is -2.34. The van der Waals surface area contributed by atoms with Crippen molar-refractivity contribution in [2.75, 3.05) is 37.0 Å². The van der Waals surface area contributed by atoms with Gasteiger partial charge in [-0.2, -0.15) is 18.2 Å². The van der Waals surface area contributed by atoms with E-state index in [0.29, 0.717) is 31.6 Å². The molecule has 2 amide bonds. The van der Waals surface area contributed by atoms with Gasteiger partial charge in [-0.25, -0.2) is 4.79 Å². The van der Waals surface area contributed by atoms with E-state index in [9.17, 15) is 27.6 Å². The summed E-state index contributed by atoms with van der Waals surface area (Å²) in [6, 6.07) is 12.6. The van der Waals surface area contributed by atoms with Crippen molar-refractivity contribution in [3.63, 3.8) is 0 Å². The Morgan fingerprint density at radius 3 is 2.24 bits per heavy atom. The van der Waals surface area contributed by atoms with Crippen LogP contribution in [0, 0.1) is 5.92 Å². The van der Waals surface area contributed by atoms with Gasteiger partial charge in [-0.3, -0.25) is 9.59 Å². The average Bonchev–Trinajstić information content (AvgIpc) is 3.66. The Kier molecular flexibility index (Phi) is 8.24. The summed E-state index contributed by atoms with van der Waals surface area (Å²) in [6.07, 6.45) is -1.81. The average molecular weight is 585 g/mol. The monoisotopic (exact) mass is 584 g/mol. The lowest BCUT2D eigenvalue weighted by Gasteiger charge is -2.29. The summed E-state index contributed by atoms with van der Waals surface area (Å²) in [6.45, 7) is 3.49. The molecule has 0 radical (unpaired) electrons. The number of aromatic nitrogens is 1. The van der Waals surface area contributed by atoms with Gasteiger partial charge in [0.05, 0.1) is 7.11 Å². The number of nitrogens with one attached hydrogen (secondary N) is 1. The van der Waals surface area contributed by atoms with Crippen molar-refractivity contribution in [1.29, 1.82) is 0 Å². The van der Waals surface area contributed by atoms with Crippen molar-refractivity contribution < 1.29 is 36.7 Å². The van der Waals surface area contributed by atoms with E-state index in [-0.39, 0.29) is 23.5 Å². The van der Waals surface area contributed by atoms with E-state index in [0.717, 1.165) is 30.4 Å². The summed E-state index contributed by atoms with van der Waals surface area (Å²) in [7, 11) is 1.30. The summed E-state index contributed by atoms with van der Waals surface area (Å²) in [5, 5.41) is 2.47. The summed E-state index contributed by atoms with van der Waals surface area (Å²) < 4.78 is 51.3. The highest BCUT2D eigenvalue weighted by Gasteiger charge is 2.42. The topological polar surface area (TPSA) is 105 Å². The predicted octanol–water partition coefficient (Wildman–Crippen LogP) is 5.63. The Labute approximate surface area is 240 Å². The van der Waals surface area contributed by atoms with Gasteiger partial charge in [-0.05, 0) is 67.0 Å². The lowest BCUT2D eigenvalue weighted by molar-refractivity contribution is -0.145. The van der Waals surface area contributed by atoms with E-state index in [2.05, 4.69) is 10.3 Å². The first-order valence-electron chi connectivity index (χ1n) is 13.8. The number of carbonyl (C=O) groups excluding carboxylic acids is 3. The largest absolute Gasteiger partial charge is 0.467 e. The Morgan fingerprint density at radius 1 is 0.976 bits per heavy atom. The third-order valence-corrected chi connectivity index (χ3v) is 7.61. The van der Waals surface area contributed by atoms with Crippen molar-refractivity contribution in [3.05, 3.63) is 65.5 Å². The van der Waals surface area contributed by atoms with E-state index in [4.69, 9.17) is 9.15 Å². The van der Waals surface area contributed by atoms with Crippen LogP contribution in [0.25, 0.3) is 11.1 Å². The number of likely N-dealkylation sites (tertiary alicyclic amines) is 1. The molecule has 2 aromatic carbocycles. The van der Waals surface area contributed by atoms with Crippen molar-refractivity contribution in [2.24, 2.45) is 5.92 Å². The highest BCUT2D eigenvalue weighted by molar-refractivity contribution is 6.03. The molecule has 3 aromatic rings. The number of alkyl halides is 3. The van der Waals surface area contributed by atoms with Crippen molar-refractivity contribution in [1.82, 2.24) is 9.88 Å². The number of oxazole rings is 1. The van der Waals surface area contributed by atoms with Gasteiger partial charge < -0.3 is 24.3 Å². The summed E-state index contributed by atoms with van der Waals surface area (Å²) in [4.78, 5) is 44.6. The molecule has 2 fully saturated rings. The van der Waals surface area contributed by atoms with Gasteiger partial charge in [0.15, 0.2) is 5.69 Å². The number of rotatable bonds is 6. The fraction of sp³-hybridized carbons (Fsp3) is 0.400. The molecule has 1 aromatic heterocycles. The maximum absolute atomic E-state index is 13.7. The van der Waals surface area contributed by atoms with Crippen LogP contribution in [-0.2, 0) is 15.7 Å². The Bertz CT molecular complexity index is 1450. The van der Waals surface area contributed by atoms with Gasteiger partial charge in [-0.1, -0.05) is 31.2 Å². The number of esters is 1. The van der Waals surface area contributed by atoms with Crippen molar-refractivity contribution in [3.8, 4) is 11.1 Å². The van der Waals surface area contributed by atoms with E-state index in [1.165, 1.54) is 12.0 Å². The molecular formula is C30H31F3N4O5. The van der Waals surface area contributed by atoms with Crippen molar-refractivity contribution >= 4 is 29.5 Å². The fourth-order valence-corrected chi connectivity index (χ4v) is 5.45. The second-order valence-electron chi connectivity index (χ2n) is 10.7. The molecule has 2 aliphatic rings. The quantitative estimate of drug-likeness (QED) is 0.375. The molecule has 222 valence electrons. The normalized spacial score (nSPS) is 19.1. The molecule has 0 spiro atoms. The van der Waals surface area contributed by atoms with Crippen LogP contribution in [0.5, 0.6) is 0 Å². The smallest absolute Gasteiger partial charge is 0.437 e. The maximum Gasteiger partial charge on any atom is 0.437 e. The van der Waals surface area contributed by atoms with Crippen LogP contribution in [0.2, 0.25) is 0 Å². The van der Waals surface area contributed by atoms with Crippen LogP contribution in [0.15, 0.2) is 52.9 Å². The number of ether oxygens (including phenoxy) is 1. The SMILES string of the molecule is COC(=O)[C@@H]1CCCN1C(=O)c1ccc(-c2ccc(NC(=O)c3oc(N4CCCC(C)C4)nc3C(F)(F)F)cc2)cc1. The Balaban J connectivity index is 1.27. The molecule has 2 aliphatic heterocycles. The van der Waals surface area contributed by atoms with Crippen molar-refractivity contribution in [2.45, 2.75) is 44.8 Å². The molecule has 0 bridgehead atoms. The van der Waals surface area contributed by atoms with Gasteiger partial charge in [0.2, 0.25) is 5.76 Å². The number of hydrogen-bond acceptors (Lipinski definition) is 7. The first-order chi connectivity index (χ1) is 20.0. The molecule has 2 atom stereocenters. The number of methoxy groups -OCH3 is 1. The minimum Gasteiger partial charge on any atom is -0.467 e. The molecule has 3 heterocycles. The van der Waals surface area contributed by atoms with Gasteiger partial charge in [0.25, 0.3) is 17.8 Å². The zero-order chi connectivity index (χ0) is 30.0. The van der Waals surface area contributed by atoms with E-state index >= 15 is 0 Å². The number of amides is 2. The van der Waals surface area contributed by atoms with Gasteiger partial charge in [-0.15, -0.1) is 0 Å². The molecule has 0 saturated carbocycles. The van der Waals surface area contributed by atoms with Gasteiger partial charge in [0.1, 0.15) is 6.04 Å².